The molecule has 1 aliphatic heterocycles. The number of carbonyl (C=O) groups is 6. The molecule has 3 N–H and O–H groups in total. The van der Waals surface area contributed by atoms with E-state index in [9.17, 15) is 33.9 Å². The van der Waals surface area contributed by atoms with E-state index in [1.165, 1.54) is 26.8 Å². The molecule has 1 aromatic carbocycles. The molecular formula is C34H43N3O13. The molecule has 3 rings (SSSR count). The van der Waals surface area contributed by atoms with Crippen LogP contribution in [0.3, 0.4) is 0 Å². The highest BCUT2D eigenvalue weighted by Crippen LogP contribution is 2.34. The Morgan fingerprint density at radius 1 is 0.920 bits per heavy atom. The van der Waals surface area contributed by atoms with Crippen molar-refractivity contribution in [3.8, 4) is 5.88 Å². The van der Waals surface area contributed by atoms with Crippen LogP contribution in [0.4, 0.5) is 0 Å². The molecule has 0 unspecified atom stereocenters. The maximum atomic E-state index is 12.2. The number of benzene rings is 1. The zero-order valence-corrected chi connectivity index (χ0v) is 29.1. The fourth-order valence-corrected chi connectivity index (χ4v) is 5.03. The van der Waals surface area contributed by atoms with Crippen LogP contribution in [0, 0.1) is 0 Å². The van der Waals surface area contributed by atoms with E-state index in [1.54, 1.807) is 18.2 Å². The number of nitrogens with zero attached hydrogens (tertiary/aromatic N) is 1. The average Bonchev–Trinajstić information content (AvgIpc) is 3.39. The van der Waals surface area contributed by atoms with E-state index >= 15 is 0 Å². The molecule has 1 saturated heterocycles. The van der Waals surface area contributed by atoms with Gasteiger partial charge in [-0.2, -0.15) is 0 Å². The highest BCUT2D eigenvalue weighted by Gasteiger charge is 2.53. The molecule has 1 aromatic heterocycles. The number of amides is 1. The largest absolute Gasteiger partial charge is 0.480 e. The van der Waals surface area contributed by atoms with Crippen molar-refractivity contribution in [2.24, 2.45) is 0 Å². The van der Waals surface area contributed by atoms with Crippen molar-refractivity contribution >= 4 is 41.8 Å². The summed E-state index contributed by atoms with van der Waals surface area (Å²) in [6, 6.07) is 7.20. The molecule has 2 heterocycles. The minimum absolute atomic E-state index is 0.0407. The summed E-state index contributed by atoms with van der Waals surface area (Å²) in [6.07, 6.45) is -3.76. The molecule has 50 heavy (non-hydrogen) atoms. The SMILES string of the molecule is CC(=O)OC[C@H]1O[C@@H](Oc2n[nH]c(C(C)C)c2Cc2ccc(C=CC(=O)NC(C)(C)C(=O)O)cc2)[C@H](OC(C)=O)[C@@H](OC(C)=O)[C@@H]1OC(C)=O. The zero-order valence-electron chi connectivity index (χ0n) is 29.1. The van der Waals surface area contributed by atoms with E-state index in [0.717, 1.165) is 32.0 Å². The molecule has 1 aliphatic rings. The van der Waals surface area contributed by atoms with Crippen molar-refractivity contribution in [1.29, 1.82) is 0 Å². The van der Waals surface area contributed by atoms with Gasteiger partial charge in [0.25, 0.3) is 0 Å². The molecule has 1 amide bonds. The first-order valence-electron chi connectivity index (χ1n) is 15.7. The number of esters is 4. The van der Waals surface area contributed by atoms with Gasteiger partial charge in [-0.3, -0.25) is 29.1 Å². The van der Waals surface area contributed by atoms with Gasteiger partial charge in [-0.15, -0.1) is 5.10 Å². The van der Waals surface area contributed by atoms with Crippen LogP contribution in [0.15, 0.2) is 30.3 Å². The molecule has 5 atom stereocenters. The van der Waals surface area contributed by atoms with Crippen LogP contribution in [0.2, 0.25) is 0 Å². The maximum Gasteiger partial charge on any atom is 0.328 e. The summed E-state index contributed by atoms with van der Waals surface area (Å²) < 4.78 is 33.9. The lowest BCUT2D eigenvalue weighted by molar-refractivity contribution is -0.289. The Bertz CT molecular complexity index is 1600. The number of rotatable bonds is 14. The molecular weight excluding hydrogens is 658 g/mol. The van der Waals surface area contributed by atoms with Crippen molar-refractivity contribution in [3.05, 3.63) is 52.7 Å². The van der Waals surface area contributed by atoms with Crippen molar-refractivity contribution in [2.45, 2.75) is 104 Å². The Kier molecular flexibility index (Phi) is 13.3. The van der Waals surface area contributed by atoms with Crippen molar-refractivity contribution in [2.75, 3.05) is 6.61 Å². The Morgan fingerprint density at radius 3 is 2.04 bits per heavy atom. The standard InChI is InChI=1S/C34H43N3O13/c1-17(2)27-24(15-23-11-9-22(10-12-23)13-14-26(42)35-34(7,8)33(43)44)31(37-36-27)50-32-30(48-21(6)41)29(47-20(5)40)28(46-19(4)39)25(49-32)16-45-18(3)38/h9-14,17,25,28-30,32H,15-16H2,1-8H3,(H,35,42)(H,36,37)(H,43,44)/t25-,28-,29+,30-,32+/m1/s1. The number of carboxylic acids is 1. The van der Waals surface area contributed by atoms with E-state index in [4.69, 9.17) is 28.4 Å². The fourth-order valence-electron chi connectivity index (χ4n) is 5.03. The van der Waals surface area contributed by atoms with E-state index < -0.39 is 78.6 Å². The van der Waals surface area contributed by atoms with Crippen LogP contribution in [-0.2, 0) is 58.9 Å². The molecule has 0 radical (unpaired) electrons. The lowest BCUT2D eigenvalue weighted by Gasteiger charge is -2.43. The van der Waals surface area contributed by atoms with Crippen molar-refractivity contribution in [3.63, 3.8) is 0 Å². The van der Waals surface area contributed by atoms with Crippen LogP contribution >= 0.6 is 0 Å². The number of hydrogen-bond donors (Lipinski definition) is 3. The molecule has 0 saturated carbocycles. The van der Waals surface area contributed by atoms with Gasteiger partial charge in [0.1, 0.15) is 18.2 Å². The predicted molar refractivity (Wildman–Crippen MR) is 173 cm³/mol. The molecule has 1 fully saturated rings. The van der Waals surface area contributed by atoms with Crippen molar-refractivity contribution < 1.29 is 62.3 Å². The van der Waals surface area contributed by atoms with Gasteiger partial charge < -0.3 is 38.8 Å². The van der Waals surface area contributed by atoms with Crippen LogP contribution < -0.4 is 10.1 Å². The Hall–Kier alpha value is -5.25. The highest BCUT2D eigenvalue weighted by molar-refractivity contribution is 5.95. The van der Waals surface area contributed by atoms with Gasteiger partial charge in [0.05, 0.1) is 0 Å². The van der Waals surface area contributed by atoms with Crippen LogP contribution in [-0.4, -0.2) is 93.9 Å². The zero-order chi connectivity index (χ0) is 37.3. The first-order valence-corrected chi connectivity index (χ1v) is 15.7. The van der Waals surface area contributed by atoms with Gasteiger partial charge in [-0.25, -0.2) is 4.79 Å². The second-order valence-corrected chi connectivity index (χ2v) is 12.4. The lowest BCUT2D eigenvalue weighted by atomic mass is 9.97. The molecule has 0 aliphatic carbocycles. The molecule has 2 aromatic rings. The summed E-state index contributed by atoms with van der Waals surface area (Å²) in [5.41, 5.74) is 1.44. The summed E-state index contributed by atoms with van der Waals surface area (Å²) in [6.45, 7) is 10.8. The summed E-state index contributed by atoms with van der Waals surface area (Å²) >= 11 is 0. The smallest absolute Gasteiger partial charge is 0.328 e. The normalized spacial score (nSPS) is 20.5. The summed E-state index contributed by atoms with van der Waals surface area (Å²) in [7, 11) is 0. The number of aromatic amines is 1. The average molecular weight is 702 g/mol. The number of carboxylic acid groups (broad SMARTS) is 1. The Morgan fingerprint density at radius 2 is 1.50 bits per heavy atom. The summed E-state index contributed by atoms with van der Waals surface area (Å²) in [5, 5.41) is 19.0. The van der Waals surface area contributed by atoms with E-state index in [1.807, 2.05) is 26.0 Å². The molecule has 272 valence electrons. The molecule has 16 nitrogen and oxygen atoms in total. The van der Waals surface area contributed by atoms with Crippen molar-refractivity contribution in [1.82, 2.24) is 15.5 Å². The number of nitrogens with one attached hydrogen (secondary N) is 2. The highest BCUT2D eigenvalue weighted by atomic mass is 16.7. The van der Waals surface area contributed by atoms with Gasteiger partial charge in [-0.1, -0.05) is 38.1 Å². The van der Waals surface area contributed by atoms with Crippen LogP contribution in [0.5, 0.6) is 5.88 Å². The summed E-state index contributed by atoms with van der Waals surface area (Å²) in [4.78, 5) is 71.7. The minimum Gasteiger partial charge on any atom is -0.480 e. The Labute approximate surface area is 288 Å². The number of carbonyl (C=O) groups excluding carboxylic acids is 5. The van der Waals surface area contributed by atoms with Gasteiger partial charge in [0, 0.05) is 51.4 Å². The first-order chi connectivity index (χ1) is 23.4. The second kappa shape index (κ2) is 16.9. The minimum atomic E-state index is -1.47. The number of H-pyrrole nitrogens is 1. The topological polar surface area (TPSA) is 219 Å². The van der Waals surface area contributed by atoms with Crippen LogP contribution in [0.1, 0.15) is 83.7 Å². The first kappa shape index (κ1) is 39.2. The molecule has 0 bridgehead atoms. The number of ether oxygens (including phenoxy) is 6. The fraction of sp³-hybridized carbons (Fsp3) is 0.500. The maximum absolute atomic E-state index is 12.2. The van der Waals surface area contributed by atoms with E-state index in [0.29, 0.717) is 17.5 Å². The predicted octanol–water partition coefficient (Wildman–Crippen LogP) is 2.58. The second-order valence-electron chi connectivity index (χ2n) is 12.4. The summed E-state index contributed by atoms with van der Waals surface area (Å²) in [5.74, 6) is -4.65. The lowest BCUT2D eigenvalue weighted by Crippen LogP contribution is -2.63. The quantitative estimate of drug-likeness (QED) is 0.147. The number of hydrogen-bond acceptors (Lipinski definition) is 13. The van der Waals surface area contributed by atoms with Gasteiger partial charge >= 0.3 is 29.8 Å². The van der Waals surface area contributed by atoms with Gasteiger partial charge in [0.15, 0.2) is 12.2 Å². The third kappa shape index (κ3) is 10.9. The van der Waals surface area contributed by atoms with E-state index in [-0.39, 0.29) is 11.8 Å². The van der Waals surface area contributed by atoms with Gasteiger partial charge in [0.2, 0.25) is 24.2 Å². The third-order valence-electron chi connectivity index (χ3n) is 7.37. The van der Waals surface area contributed by atoms with E-state index in [2.05, 4.69) is 15.5 Å². The molecule has 0 spiro atoms. The number of aliphatic carboxylic acids is 1. The van der Waals surface area contributed by atoms with Gasteiger partial charge in [-0.05, 0) is 37.0 Å². The molecule has 16 heteroatoms. The van der Waals surface area contributed by atoms with Crippen LogP contribution in [0.25, 0.3) is 6.08 Å². The number of aromatic nitrogens is 2. The monoisotopic (exact) mass is 701 g/mol. The third-order valence-corrected chi connectivity index (χ3v) is 7.37. The Balaban J connectivity index is 1.94.